The molecule has 0 atom stereocenters. The van der Waals surface area contributed by atoms with E-state index in [0.29, 0.717) is 18.2 Å². The van der Waals surface area contributed by atoms with E-state index in [1.165, 1.54) is 18.2 Å². The molecule has 2 rings (SSSR count). The number of carboxylic acid groups (broad SMARTS) is 1. The van der Waals surface area contributed by atoms with Crippen LogP contribution in [0.1, 0.15) is 23.2 Å². The third-order valence-electron chi connectivity index (χ3n) is 3.20. The Balaban J connectivity index is 2.05. The van der Waals surface area contributed by atoms with Gasteiger partial charge in [-0.15, -0.1) is 6.42 Å². The summed E-state index contributed by atoms with van der Waals surface area (Å²) in [5, 5.41) is 11.7. The summed E-state index contributed by atoms with van der Waals surface area (Å²) >= 11 is 5.86. The summed E-state index contributed by atoms with van der Waals surface area (Å²) in [6.07, 6.45) is 7.51. The maximum Gasteiger partial charge on any atom is 0.337 e. The second kappa shape index (κ2) is 6.51. The highest BCUT2D eigenvalue weighted by molar-refractivity contribution is 6.33. The average Bonchev–Trinajstić information content (AvgIpc) is 3.21. The maximum atomic E-state index is 12.2. The Bertz CT molecular complexity index is 605. The van der Waals surface area contributed by atoms with Gasteiger partial charge in [0.25, 0.3) is 0 Å². The fourth-order valence-electron chi connectivity index (χ4n) is 1.91. The lowest BCUT2D eigenvalue weighted by molar-refractivity contribution is 0.0697. The number of halogens is 1. The molecule has 1 saturated carbocycles. The summed E-state index contributed by atoms with van der Waals surface area (Å²) in [5.74, 6) is 1.88. The average molecular weight is 307 g/mol. The van der Waals surface area contributed by atoms with Crippen LogP contribution in [-0.2, 0) is 0 Å². The highest BCUT2D eigenvalue weighted by Gasteiger charge is 2.26. The Hall–Kier alpha value is -2.19. The SMILES string of the molecule is C#CCN(CC1CC1)C(=O)Nc1ccc(C(=O)O)c(Cl)c1. The fourth-order valence-corrected chi connectivity index (χ4v) is 2.17. The number of nitrogens with zero attached hydrogens (tertiary/aromatic N) is 1. The van der Waals surface area contributed by atoms with E-state index in [-0.39, 0.29) is 23.2 Å². The molecule has 0 spiro atoms. The second-order valence-electron chi connectivity index (χ2n) is 4.96. The largest absolute Gasteiger partial charge is 0.478 e. The van der Waals surface area contributed by atoms with Crippen molar-refractivity contribution in [2.75, 3.05) is 18.4 Å². The Morgan fingerprint density at radius 2 is 2.19 bits per heavy atom. The standard InChI is InChI=1S/C15H15ClN2O3/c1-2-7-18(9-10-3-4-10)15(21)17-11-5-6-12(14(19)20)13(16)8-11/h1,5-6,8,10H,3-4,7,9H2,(H,17,21)(H,19,20). The molecule has 1 fully saturated rings. The number of carbonyl (C=O) groups excluding carboxylic acids is 1. The number of carbonyl (C=O) groups is 2. The van der Waals surface area contributed by atoms with Crippen molar-refractivity contribution < 1.29 is 14.7 Å². The lowest BCUT2D eigenvalue weighted by Gasteiger charge is -2.20. The first-order chi connectivity index (χ1) is 10.0. The molecule has 1 aliphatic carbocycles. The van der Waals surface area contributed by atoms with Crippen LogP contribution in [0.3, 0.4) is 0 Å². The summed E-state index contributed by atoms with van der Waals surface area (Å²) in [7, 11) is 0. The predicted octanol–water partition coefficient (Wildman–Crippen LogP) is 2.92. The molecule has 1 aliphatic rings. The van der Waals surface area contributed by atoms with Crippen LogP contribution in [-0.4, -0.2) is 35.1 Å². The predicted molar refractivity (Wildman–Crippen MR) is 80.6 cm³/mol. The van der Waals surface area contributed by atoms with E-state index in [2.05, 4.69) is 11.2 Å². The number of benzene rings is 1. The Kier molecular flexibility index (Phi) is 4.71. The first-order valence-electron chi connectivity index (χ1n) is 6.53. The Morgan fingerprint density at radius 3 is 2.71 bits per heavy atom. The van der Waals surface area contributed by atoms with Gasteiger partial charge in [-0.2, -0.15) is 0 Å². The summed E-state index contributed by atoms with van der Waals surface area (Å²) in [5.41, 5.74) is 0.431. The molecule has 2 N–H and O–H groups in total. The van der Waals surface area contributed by atoms with Crippen LogP contribution in [0.25, 0.3) is 0 Å². The van der Waals surface area contributed by atoms with Gasteiger partial charge in [-0.3, -0.25) is 0 Å². The number of amides is 2. The molecule has 0 saturated heterocycles. The highest BCUT2D eigenvalue weighted by Crippen LogP contribution is 2.30. The Morgan fingerprint density at radius 1 is 1.48 bits per heavy atom. The third kappa shape index (κ3) is 4.14. The zero-order chi connectivity index (χ0) is 15.4. The molecule has 0 heterocycles. The van der Waals surface area contributed by atoms with Gasteiger partial charge in [0.1, 0.15) is 0 Å². The molecule has 0 unspecified atom stereocenters. The number of nitrogens with one attached hydrogen (secondary N) is 1. The van der Waals surface area contributed by atoms with Gasteiger partial charge < -0.3 is 15.3 Å². The molecule has 110 valence electrons. The smallest absolute Gasteiger partial charge is 0.337 e. The van der Waals surface area contributed by atoms with Crippen molar-refractivity contribution in [3.8, 4) is 12.3 Å². The summed E-state index contributed by atoms with van der Waals surface area (Å²) in [6.45, 7) is 0.875. The van der Waals surface area contributed by atoms with Crippen LogP contribution in [0.4, 0.5) is 10.5 Å². The number of carboxylic acids is 1. The minimum absolute atomic E-state index is 0.00636. The summed E-state index contributed by atoms with van der Waals surface area (Å²) in [6, 6.07) is 3.96. The second-order valence-corrected chi connectivity index (χ2v) is 5.37. The van der Waals surface area contributed by atoms with E-state index in [1.807, 2.05) is 0 Å². The topological polar surface area (TPSA) is 69.6 Å². The quantitative estimate of drug-likeness (QED) is 0.822. The van der Waals surface area contributed by atoms with Gasteiger partial charge in [-0.05, 0) is 37.0 Å². The third-order valence-corrected chi connectivity index (χ3v) is 3.51. The number of hydrogen-bond donors (Lipinski definition) is 2. The molecular weight excluding hydrogens is 292 g/mol. The lowest BCUT2D eigenvalue weighted by Crippen LogP contribution is -2.36. The molecule has 0 radical (unpaired) electrons. The van der Waals surface area contributed by atoms with Gasteiger partial charge >= 0.3 is 12.0 Å². The van der Waals surface area contributed by atoms with Crippen molar-refractivity contribution in [2.45, 2.75) is 12.8 Å². The lowest BCUT2D eigenvalue weighted by atomic mass is 10.2. The van der Waals surface area contributed by atoms with Crippen LogP contribution in [0.5, 0.6) is 0 Å². The molecule has 2 amide bonds. The van der Waals surface area contributed by atoms with Crippen LogP contribution in [0.15, 0.2) is 18.2 Å². The maximum absolute atomic E-state index is 12.2. The fraction of sp³-hybridized carbons (Fsp3) is 0.333. The molecule has 0 bridgehead atoms. The van der Waals surface area contributed by atoms with Crippen LogP contribution in [0.2, 0.25) is 5.02 Å². The van der Waals surface area contributed by atoms with Gasteiger partial charge in [0.05, 0.1) is 17.1 Å². The van der Waals surface area contributed by atoms with E-state index in [4.69, 9.17) is 23.1 Å². The summed E-state index contributed by atoms with van der Waals surface area (Å²) < 4.78 is 0. The van der Waals surface area contributed by atoms with E-state index >= 15 is 0 Å². The van der Waals surface area contributed by atoms with Gasteiger partial charge in [0.2, 0.25) is 0 Å². The highest BCUT2D eigenvalue weighted by atomic mass is 35.5. The Labute approximate surface area is 127 Å². The first-order valence-corrected chi connectivity index (χ1v) is 6.91. The van der Waals surface area contributed by atoms with E-state index in [1.54, 1.807) is 4.90 Å². The van der Waals surface area contributed by atoms with Crippen LogP contribution >= 0.6 is 11.6 Å². The normalized spacial score (nSPS) is 13.3. The zero-order valence-electron chi connectivity index (χ0n) is 11.3. The van der Waals surface area contributed by atoms with Crippen molar-refractivity contribution >= 4 is 29.3 Å². The van der Waals surface area contributed by atoms with Crippen LogP contribution < -0.4 is 5.32 Å². The van der Waals surface area contributed by atoms with Gasteiger partial charge in [-0.1, -0.05) is 17.5 Å². The van der Waals surface area contributed by atoms with Crippen molar-refractivity contribution in [3.05, 3.63) is 28.8 Å². The van der Waals surface area contributed by atoms with Crippen molar-refractivity contribution in [1.29, 1.82) is 0 Å². The van der Waals surface area contributed by atoms with Gasteiger partial charge in [-0.25, -0.2) is 9.59 Å². The minimum atomic E-state index is -1.11. The number of hydrogen-bond acceptors (Lipinski definition) is 2. The molecule has 1 aromatic carbocycles. The monoisotopic (exact) mass is 306 g/mol. The van der Waals surface area contributed by atoms with Gasteiger partial charge in [0.15, 0.2) is 0 Å². The molecular formula is C15H15ClN2O3. The molecule has 0 aromatic heterocycles. The van der Waals surface area contributed by atoms with Crippen molar-refractivity contribution in [3.63, 3.8) is 0 Å². The number of anilines is 1. The molecule has 1 aromatic rings. The van der Waals surface area contributed by atoms with E-state index in [9.17, 15) is 9.59 Å². The van der Waals surface area contributed by atoms with Crippen molar-refractivity contribution in [2.24, 2.45) is 5.92 Å². The number of terminal acetylenes is 1. The van der Waals surface area contributed by atoms with E-state index < -0.39 is 5.97 Å². The number of aromatic carboxylic acids is 1. The first kappa shape index (κ1) is 15.2. The van der Waals surface area contributed by atoms with Gasteiger partial charge in [0, 0.05) is 12.2 Å². The molecule has 0 aliphatic heterocycles. The van der Waals surface area contributed by atoms with E-state index in [0.717, 1.165) is 12.8 Å². The summed E-state index contributed by atoms with van der Waals surface area (Å²) in [4.78, 5) is 24.6. The molecule has 5 nitrogen and oxygen atoms in total. The van der Waals surface area contributed by atoms with Crippen molar-refractivity contribution in [1.82, 2.24) is 4.90 Å². The number of rotatable bonds is 5. The molecule has 6 heteroatoms. The molecule has 21 heavy (non-hydrogen) atoms. The minimum Gasteiger partial charge on any atom is -0.478 e. The van der Waals surface area contributed by atoms with Crippen LogP contribution in [0, 0.1) is 18.3 Å². The number of urea groups is 1. The zero-order valence-corrected chi connectivity index (χ0v) is 12.1.